The summed E-state index contributed by atoms with van der Waals surface area (Å²) in [5.74, 6) is 0.698. The van der Waals surface area contributed by atoms with Gasteiger partial charge in [-0.15, -0.1) is 0 Å². The summed E-state index contributed by atoms with van der Waals surface area (Å²) in [6.07, 6.45) is 5.03. The highest BCUT2D eigenvalue weighted by molar-refractivity contribution is 5.89. The molecule has 6 heteroatoms. The third kappa shape index (κ3) is 2.69. The van der Waals surface area contributed by atoms with Gasteiger partial charge in [0, 0.05) is 12.4 Å². The van der Waals surface area contributed by atoms with Gasteiger partial charge in [0.2, 0.25) is 5.88 Å². The average Bonchev–Trinajstić information content (AvgIpc) is 2.98. The Hall–Kier alpha value is -2.89. The number of carbonyl (C=O) groups is 1. The van der Waals surface area contributed by atoms with E-state index in [4.69, 9.17) is 9.47 Å². The van der Waals surface area contributed by atoms with Crippen LogP contribution in [0.15, 0.2) is 48.9 Å². The lowest BCUT2D eigenvalue weighted by Crippen LogP contribution is -2.04. The molecule has 3 aromatic rings. The minimum Gasteiger partial charge on any atom is -0.462 e. The summed E-state index contributed by atoms with van der Waals surface area (Å²) < 4.78 is 12.3. The first-order valence-corrected chi connectivity index (χ1v) is 6.51. The van der Waals surface area contributed by atoms with E-state index in [1.54, 1.807) is 54.3 Å². The third-order valence-corrected chi connectivity index (χ3v) is 2.87. The summed E-state index contributed by atoms with van der Waals surface area (Å²) in [4.78, 5) is 15.8. The van der Waals surface area contributed by atoms with Crippen LogP contribution in [0.1, 0.15) is 17.3 Å². The van der Waals surface area contributed by atoms with Gasteiger partial charge in [-0.05, 0) is 37.3 Å². The van der Waals surface area contributed by atoms with Gasteiger partial charge in [0.25, 0.3) is 0 Å². The van der Waals surface area contributed by atoms with Crippen LogP contribution in [0, 0.1) is 0 Å². The summed E-state index contributed by atoms with van der Waals surface area (Å²) in [6, 6.07) is 8.53. The van der Waals surface area contributed by atoms with Crippen LogP contribution in [0.3, 0.4) is 0 Å². The van der Waals surface area contributed by atoms with Crippen molar-refractivity contribution >= 4 is 11.5 Å². The highest BCUT2D eigenvalue weighted by Gasteiger charge is 2.08. The largest absolute Gasteiger partial charge is 0.462 e. The van der Waals surface area contributed by atoms with Crippen molar-refractivity contribution in [2.75, 3.05) is 6.61 Å². The molecule has 0 N–H and O–H groups in total. The Morgan fingerprint density at radius 1 is 1.19 bits per heavy atom. The van der Waals surface area contributed by atoms with Crippen molar-refractivity contribution in [1.82, 2.24) is 14.6 Å². The van der Waals surface area contributed by atoms with Gasteiger partial charge in [0.1, 0.15) is 11.3 Å². The second kappa shape index (κ2) is 5.62. The molecule has 0 unspecified atom stereocenters. The van der Waals surface area contributed by atoms with Gasteiger partial charge in [-0.3, -0.25) is 0 Å². The molecule has 3 rings (SSSR count). The smallest absolute Gasteiger partial charge is 0.338 e. The van der Waals surface area contributed by atoms with Crippen LogP contribution in [0.2, 0.25) is 0 Å². The lowest BCUT2D eigenvalue weighted by atomic mass is 10.2. The van der Waals surface area contributed by atoms with E-state index in [0.717, 1.165) is 5.52 Å². The zero-order valence-corrected chi connectivity index (χ0v) is 11.4. The molecular formula is C15H13N3O3. The molecule has 0 aliphatic rings. The first-order chi connectivity index (χ1) is 10.3. The number of ether oxygens (including phenoxy) is 2. The Morgan fingerprint density at radius 3 is 2.76 bits per heavy atom. The molecule has 106 valence electrons. The van der Waals surface area contributed by atoms with Crippen molar-refractivity contribution in [2.24, 2.45) is 0 Å². The van der Waals surface area contributed by atoms with Crippen LogP contribution in [0.5, 0.6) is 11.6 Å². The predicted molar refractivity (Wildman–Crippen MR) is 75.5 cm³/mol. The average molecular weight is 283 g/mol. The quantitative estimate of drug-likeness (QED) is 0.689. The molecular weight excluding hydrogens is 270 g/mol. The van der Waals surface area contributed by atoms with Crippen LogP contribution in [-0.4, -0.2) is 27.2 Å². The first kappa shape index (κ1) is 13.1. The molecule has 0 aliphatic heterocycles. The fourth-order valence-electron chi connectivity index (χ4n) is 1.90. The highest BCUT2D eigenvalue weighted by atomic mass is 16.5. The Labute approximate surface area is 120 Å². The molecule has 0 aliphatic carbocycles. The Balaban J connectivity index is 1.82. The summed E-state index contributed by atoms with van der Waals surface area (Å²) in [5.41, 5.74) is 1.26. The molecule has 6 nitrogen and oxygen atoms in total. The van der Waals surface area contributed by atoms with Crippen molar-refractivity contribution in [1.29, 1.82) is 0 Å². The molecule has 0 saturated carbocycles. The molecule has 0 saturated heterocycles. The molecule has 0 spiro atoms. The second-order valence-corrected chi connectivity index (χ2v) is 4.24. The van der Waals surface area contributed by atoms with E-state index in [-0.39, 0.29) is 5.97 Å². The maximum Gasteiger partial charge on any atom is 0.338 e. The van der Waals surface area contributed by atoms with Crippen molar-refractivity contribution < 1.29 is 14.3 Å². The van der Waals surface area contributed by atoms with E-state index >= 15 is 0 Å². The maximum atomic E-state index is 11.6. The van der Waals surface area contributed by atoms with Crippen LogP contribution in [0.25, 0.3) is 5.52 Å². The number of hydrogen-bond donors (Lipinski definition) is 0. The van der Waals surface area contributed by atoms with E-state index in [1.807, 2.05) is 6.07 Å². The number of aromatic nitrogens is 3. The summed E-state index contributed by atoms with van der Waals surface area (Å²) in [6.45, 7) is 2.12. The van der Waals surface area contributed by atoms with E-state index in [2.05, 4.69) is 10.1 Å². The van der Waals surface area contributed by atoms with Crippen LogP contribution >= 0.6 is 0 Å². The van der Waals surface area contributed by atoms with Gasteiger partial charge in [-0.25, -0.2) is 14.3 Å². The minimum absolute atomic E-state index is 0.347. The number of benzene rings is 1. The van der Waals surface area contributed by atoms with Gasteiger partial charge in [-0.2, -0.15) is 5.10 Å². The monoisotopic (exact) mass is 283 g/mol. The highest BCUT2D eigenvalue weighted by Crippen LogP contribution is 2.23. The van der Waals surface area contributed by atoms with Crippen LogP contribution < -0.4 is 4.74 Å². The van der Waals surface area contributed by atoms with Crippen molar-refractivity contribution in [3.8, 4) is 11.6 Å². The number of carbonyl (C=O) groups excluding carboxylic acids is 1. The van der Waals surface area contributed by atoms with E-state index in [9.17, 15) is 4.79 Å². The number of fused-ring (bicyclic) bond motifs is 1. The molecule has 2 heterocycles. The van der Waals surface area contributed by atoms with Gasteiger partial charge >= 0.3 is 5.97 Å². The molecule has 0 radical (unpaired) electrons. The number of hydrogen-bond acceptors (Lipinski definition) is 5. The molecule has 0 fully saturated rings. The molecule has 1 aromatic carbocycles. The third-order valence-electron chi connectivity index (χ3n) is 2.87. The zero-order valence-electron chi connectivity index (χ0n) is 11.4. The van der Waals surface area contributed by atoms with Crippen LogP contribution in [0.4, 0.5) is 0 Å². The van der Waals surface area contributed by atoms with Crippen molar-refractivity contribution in [3.05, 3.63) is 54.5 Å². The SMILES string of the molecule is CCOC(=O)c1ccc(Oc2nccn3nccc23)cc1. The topological polar surface area (TPSA) is 65.7 Å². The lowest BCUT2D eigenvalue weighted by molar-refractivity contribution is 0.0526. The van der Waals surface area contributed by atoms with E-state index in [1.165, 1.54) is 0 Å². The number of esters is 1. The summed E-state index contributed by atoms with van der Waals surface area (Å²) in [5, 5.41) is 4.11. The van der Waals surface area contributed by atoms with E-state index in [0.29, 0.717) is 23.8 Å². The Bertz CT molecular complexity index is 765. The Morgan fingerprint density at radius 2 is 2.00 bits per heavy atom. The van der Waals surface area contributed by atoms with Crippen molar-refractivity contribution in [3.63, 3.8) is 0 Å². The standard InChI is InChI=1S/C15H13N3O3/c1-2-20-15(19)11-3-5-12(6-4-11)21-14-13-7-8-17-18(13)10-9-16-14/h3-10H,2H2,1H3. The fourth-order valence-corrected chi connectivity index (χ4v) is 1.90. The van der Waals surface area contributed by atoms with Gasteiger partial charge in [0.15, 0.2) is 0 Å². The Kier molecular flexibility index (Phi) is 3.51. The molecule has 0 atom stereocenters. The molecule has 21 heavy (non-hydrogen) atoms. The fraction of sp³-hybridized carbons (Fsp3) is 0.133. The number of nitrogens with zero attached hydrogens (tertiary/aromatic N) is 3. The number of rotatable bonds is 4. The van der Waals surface area contributed by atoms with Gasteiger partial charge in [0.05, 0.1) is 18.4 Å². The lowest BCUT2D eigenvalue weighted by Gasteiger charge is -2.07. The molecule has 0 bridgehead atoms. The minimum atomic E-state index is -0.347. The van der Waals surface area contributed by atoms with Gasteiger partial charge in [-0.1, -0.05) is 0 Å². The molecule has 2 aromatic heterocycles. The maximum absolute atomic E-state index is 11.6. The summed E-state index contributed by atoms with van der Waals surface area (Å²) in [7, 11) is 0. The molecule has 0 amide bonds. The predicted octanol–water partition coefficient (Wildman–Crippen LogP) is 2.70. The summed E-state index contributed by atoms with van der Waals surface area (Å²) >= 11 is 0. The van der Waals surface area contributed by atoms with Crippen LogP contribution in [-0.2, 0) is 4.74 Å². The second-order valence-electron chi connectivity index (χ2n) is 4.24. The first-order valence-electron chi connectivity index (χ1n) is 6.51. The van der Waals surface area contributed by atoms with Crippen molar-refractivity contribution in [2.45, 2.75) is 6.92 Å². The van der Waals surface area contributed by atoms with Gasteiger partial charge < -0.3 is 9.47 Å². The van der Waals surface area contributed by atoms with E-state index < -0.39 is 0 Å². The normalized spacial score (nSPS) is 10.5. The zero-order chi connectivity index (χ0) is 14.7.